The molecule has 0 aliphatic carbocycles. The third-order valence-corrected chi connectivity index (χ3v) is 2.47. The highest BCUT2D eigenvalue weighted by Gasteiger charge is 2.26. The van der Waals surface area contributed by atoms with Gasteiger partial charge in [-0.05, 0) is 6.07 Å². The number of nitriles is 1. The highest BCUT2D eigenvalue weighted by Crippen LogP contribution is 2.36. The summed E-state index contributed by atoms with van der Waals surface area (Å²) < 4.78 is 0. The Morgan fingerprint density at radius 3 is 2.45 bits per heavy atom. The zero-order valence-corrected chi connectivity index (χ0v) is 11.2. The van der Waals surface area contributed by atoms with E-state index in [1.54, 1.807) is 6.07 Å². The fraction of sp³-hybridized carbons (Fsp3) is 0.182. The Kier molecular flexibility index (Phi) is 4.61. The number of amides is 1. The Hall–Kier alpha value is -2.66. The van der Waals surface area contributed by atoms with E-state index in [0.717, 1.165) is 26.0 Å². The van der Waals surface area contributed by atoms with Crippen molar-refractivity contribution in [3.8, 4) is 6.07 Å². The summed E-state index contributed by atoms with van der Waals surface area (Å²) in [5.74, 6) is -1.55. The average Bonchev–Trinajstić information content (AvgIpc) is 2.35. The fourth-order valence-corrected chi connectivity index (χ4v) is 1.61. The number of rotatable bonds is 2. The molecule has 104 valence electrons. The molecule has 1 amide bonds. The number of anilines is 1. The third kappa shape index (κ3) is 3.21. The number of carbonyl (C=O) groups is 2. The third-order valence-electron chi connectivity index (χ3n) is 2.08. The quantitative estimate of drug-likeness (QED) is 0.609. The van der Waals surface area contributed by atoms with Crippen LogP contribution in [-0.4, -0.2) is 16.8 Å². The normalized spacial score (nSPS) is 9.50. The lowest BCUT2D eigenvalue weighted by molar-refractivity contribution is -0.384. The van der Waals surface area contributed by atoms with Crippen LogP contribution in [0.5, 0.6) is 0 Å². The van der Waals surface area contributed by atoms with Gasteiger partial charge in [0.25, 0.3) is 11.6 Å². The zero-order chi connectivity index (χ0) is 15.4. The average molecular weight is 298 g/mol. The Morgan fingerprint density at radius 2 is 2.05 bits per heavy atom. The minimum atomic E-state index is -0.818. The molecule has 0 atom stereocenters. The van der Waals surface area contributed by atoms with Crippen molar-refractivity contribution in [3.05, 3.63) is 32.8 Å². The standard InChI is InChI=1S/C11H8ClN3O5/c1-6(16)14(20-7(2)17)9-3-8(5-13)4-10(11(9)12)15(18)19/h3-4H,1-2H3. The number of nitro benzene ring substituents is 1. The first-order chi connectivity index (χ1) is 9.27. The summed E-state index contributed by atoms with van der Waals surface area (Å²) in [4.78, 5) is 37.1. The van der Waals surface area contributed by atoms with Gasteiger partial charge in [0.2, 0.25) is 0 Å². The predicted molar refractivity (Wildman–Crippen MR) is 67.7 cm³/mol. The van der Waals surface area contributed by atoms with E-state index < -0.39 is 27.5 Å². The molecular weight excluding hydrogens is 290 g/mol. The summed E-state index contributed by atoms with van der Waals surface area (Å²) in [6.07, 6.45) is 0. The van der Waals surface area contributed by atoms with Crippen LogP contribution in [0.4, 0.5) is 11.4 Å². The molecule has 0 unspecified atom stereocenters. The second-order valence-electron chi connectivity index (χ2n) is 3.59. The zero-order valence-electron chi connectivity index (χ0n) is 10.4. The fourth-order valence-electron chi connectivity index (χ4n) is 1.35. The molecule has 0 aromatic heterocycles. The van der Waals surface area contributed by atoms with Crippen LogP contribution in [0.15, 0.2) is 12.1 Å². The summed E-state index contributed by atoms with van der Waals surface area (Å²) in [5, 5.41) is 19.8. The molecule has 0 bridgehead atoms. The molecule has 1 rings (SSSR count). The van der Waals surface area contributed by atoms with Crippen LogP contribution in [0.3, 0.4) is 0 Å². The molecule has 0 N–H and O–H groups in total. The van der Waals surface area contributed by atoms with Gasteiger partial charge in [-0.15, -0.1) is 5.06 Å². The number of halogens is 1. The lowest BCUT2D eigenvalue weighted by Gasteiger charge is -2.19. The van der Waals surface area contributed by atoms with Crippen LogP contribution in [-0.2, 0) is 14.4 Å². The minimum absolute atomic E-state index is 0.102. The van der Waals surface area contributed by atoms with Crippen molar-refractivity contribution < 1.29 is 19.3 Å². The molecule has 0 heterocycles. The second kappa shape index (κ2) is 5.99. The van der Waals surface area contributed by atoms with Crippen LogP contribution < -0.4 is 5.06 Å². The van der Waals surface area contributed by atoms with E-state index in [4.69, 9.17) is 16.9 Å². The van der Waals surface area contributed by atoms with Crippen LogP contribution in [0, 0.1) is 21.4 Å². The van der Waals surface area contributed by atoms with Crippen LogP contribution in [0.1, 0.15) is 19.4 Å². The monoisotopic (exact) mass is 297 g/mol. The van der Waals surface area contributed by atoms with Gasteiger partial charge < -0.3 is 4.84 Å². The molecule has 1 aromatic rings. The van der Waals surface area contributed by atoms with Gasteiger partial charge in [0.15, 0.2) is 0 Å². The van der Waals surface area contributed by atoms with Gasteiger partial charge in [-0.1, -0.05) is 11.6 Å². The van der Waals surface area contributed by atoms with Gasteiger partial charge in [0.1, 0.15) is 10.7 Å². The van der Waals surface area contributed by atoms with E-state index in [2.05, 4.69) is 4.84 Å². The number of nitrogens with zero attached hydrogens (tertiary/aromatic N) is 3. The van der Waals surface area contributed by atoms with E-state index >= 15 is 0 Å². The lowest BCUT2D eigenvalue weighted by Crippen LogP contribution is -2.31. The summed E-state index contributed by atoms with van der Waals surface area (Å²) >= 11 is 5.82. The van der Waals surface area contributed by atoms with Crippen molar-refractivity contribution in [2.24, 2.45) is 0 Å². The van der Waals surface area contributed by atoms with E-state index in [1.807, 2.05) is 0 Å². The molecule has 1 aromatic carbocycles. The predicted octanol–water partition coefficient (Wildman–Crippen LogP) is 1.95. The molecule has 0 saturated heterocycles. The molecule has 0 radical (unpaired) electrons. The number of hydrogen-bond acceptors (Lipinski definition) is 6. The van der Waals surface area contributed by atoms with Gasteiger partial charge in [-0.3, -0.25) is 14.9 Å². The van der Waals surface area contributed by atoms with Crippen LogP contribution in [0.2, 0.25) is 5.02 Å². The smallest absolute Gasteiger partial charge is 0.330 e. The second-order valence-corrected chi connectivity index (χ2v) is 3.97. The molecule has 8 nitrogen and oxygen atoms in total. The maximum absolute atomic E-state index is 11.5. The lowest BCUT2D eigenvalue weighted by atomic mass is 10.2. The van der Waals surface area contributed by atoms with Crippen molar-refractivity contribution in [2.75, 3.05) is 5.06 Å². The summed E-state index contributed by atoms with van der Waals surface area (Å²) in [5.41, 5.74) is -0.922. The van der Waals surface area contributed by atoms with E-state index in [-0.39, 0.29) is 11.3 Å². The molecule has 0 spiro atoms. The number of nitro groups is 1. The SMILES string of the molecule is CC(=O)ON(C(C)=O)c1cc(C#N)cc([N+](=O)[O-])c1Cl. The first-order valence-electron chi connectivity index (χ1n) is 5.15. The van der Waals surface area contributed by atoms with Crippen LogP contribution in [0.25, 0.3) is 0 Å². The largest absolute Gasteiger partial charge is 0.333 e. The summed E-state index contributed by atoms with van der Waals surface area (Å²) in [7, 11) is 0. The first-order valence-corrected chi connectivity index (χ1v) is 5.53. The van der Waals surface area contributed by atoms with E-state index in [9.17, 15) is 19.7 Å². The van der Waals surface area contributed by atoms with Gasteiger partial charge in [-0.2, -0.15) is 5.26 Å². The first kappa shape index (κ1) is 15.4. The molecular formula is C11H8ClN3O5. The van der Waals surface area contributed by atoms with Crippen LogP contribution >= 0.6 is 11.6 Å². The Morgan fingerprint density at radius 1 is 1.45 bits per heavy atom. The van der Waals surface area contributed by atoms with Crippen molar-refractivity contribution in [1.29, 1.82) is 5.26 Å². The maximum Gasteiger partial charge on any atom is 0.330 e. The number of hydrogen-bond donors (Lipinski definition) is 0. The molecule has 0 aliphatic heterocycles. The van der Waals surface area contributed by atoms with Gasteiger partial charge in [0, 0.05) is 19.9 Å². The number of hydroxylamine groups is 1. The summed E-state index contributed by atoms with van der Waals surface area (Å²) in [6, 6.07) is 3.76. The Balaban J connectivity index is 3.52. The number of carbonyl (C=O) groups excluding carboxylic acids is 2. The van der Waals surface area contributed by atoms with Gasteiger partial charge >= 0.3 is 5.97 Å². The molecule has 0 aliphatic rings. The molecule has 0 fully saturated rings. The molecule has 20 heavy (non-hydrogen) atoms. The minimum Gasteiger partial charge on any atom is -0.333 e. The van der Waals surface area contributed by atoms with Crippen molar-refractivity contribution >= 4 is 34.9 Å². The highest BCUT2D eigenvalue weighted by atomic mass is 35.5. The molecule has 9 heteroatoms. The van der Waals surface area contributed by atoms with E-state index in [0.29, 0.717) is 5.06 Å². The summed E-state index contributed by atoms with van der Waals surface area (Å²) in [6.45, 7) is 2.12. The van der Waals surface area contributed by atoms with Crippen molar-refractivity contribution in [3.63, 3.8) is 0 Å². The topological polar surface area (TPSA) is 114 Å². The van der Waals surface area contributed by atoms with Crippen molar-refractivity contribution in [2.45, 2.75) is 13.8 Å². The van der Waals surface area contributed by atoms with Gasteiger partial charge in [0.05, 0.1) is 16.6 Å². The maximum atomic E-state index is 11.5. The Bertz CT molecular complexity index is 638. The highest BCUT2D eigenvalue weighted by molar-refractivity contribution is 6.35. The molecule has 0 saturated carbocycles. The van der Waals surface area contributed by atoms with Crippen molar-refractivity contribution in [1.82, 2.24) is 0 Å². The van der Waals surface area contributed by atoms with Gasteiger partial charge in [-0.25, -0.2) is 4.79 Å². The van der Waals surface area contributed by atoms with E-state index in [1.165, 1.54) is 0 Å². The Labute approximate surface area is 118 Å². The number of benzene rings is 1.